The van der Waals surface area contributed by atoms with Crippen molar-refractivity contribution in [2.24, 2.45) is 28.7 Å². The molecule has 0 radical (unpaired) electrons. The first kappa shape index (κ1) is 39.9. The summed E-state index contributed by atoms with van der Waals surface area (Å²) in [5, 5.41) is 6.29. The van der Waals surface area contributed by atoms with Crippen molar-refractivity contribution in [1.29, 1.82) is 0 Å². The lowest BCUT2D eigenvalue weighted by molar-refractivity contribution is -0.137. The minimum Gasteiger partial charge on any atom is -0.453 e. The van der Waals surface area contributed by atoms with Crippen LogP contribution in [0.4, 0.5) is 9.59 Å². The molecule has 2 saturated carbocycles. The number of rotatable bonds is 11. The molecule has 4 fully saturated rings. The lowest BCUT2D eigenvalue weighted by Crippen LogP contribution is -2.54. The van der Waals surface area contributed by atoms with Gasteiger partial charge in [0.05, 0.1) is 26.3 Å². The van der Waals surface area contributed by atoms with Gasteiger partial charge in [0.15, 0.2) is 0 Å². The molecule has 8 rings (SSSR count). The molecule has 0 bridgehead atoms. The zero-order chi connectivity index (χ0) is 41.2. The van der Waals surface area contributed by atoms with Crippen molar-refractivity contribution in [3.8, 4) is 22.4 Å². The molecule has 1 aromatic heterocycles. The number of methoxy groups -OCH3 is 2. The number of benzene rings is 2. The SMILES string of the molecule is COC(=O)N[C@H](C(=O)N1[C@@H]2C[C@@H]2C[C@H]1C1=NC(Cl)=C(c2ccc(-c3ccc(-c4nc([C@@H]5C[C@H]6C[C@H]6N5C(=O)[C@@H](NC(=O)OC)C(C)C)[nH]c4Cl)cc3)cc2)C1)C(C)C. The van der Waals surface area contributed by atoms with Gasteiger partial charge in [-0.1, -0.05) is 99.4 Å². The normalized spacial score (nSPS) is 25.3. The van der Waals surface area contributed by atoms with Crippen LogP contribution >= 0.6 is 23.2 Å². The minimum absolute atomic E-state index is 0.108. The van der Waals surface area contributed by atoms with E-state index in [9.17, 15) is 19.2 Å². The predicted octanol–water partition coefficient (Wildman–Crippen LogP) is 7.56. The van der Waals surface area contributed by atoms with Crippen LogP contribution < -0.4 is 10.6 Å². The number of halogens is 2. The minimum atomic E-state index is -0.717. The number of H-pyrrole nitrogens is 1. The molecule has 2 aromatic carbocycles. The highest BCUT2D eigenvalue weighted by Gasteiger charge is 2.57. The van der Waals surface area contributed by atoms with E-state index in [-0.39, 0.29) is 47.8 Å². The number of carbonyl (C=O) groups is 4. The molecule has 8 atom stereocenters. The maximum atomic E-state index is 13.9. The first-order valence-electron chi connectivity index (χ1n) is 20.0. The van der Waals surface area contributed by atoms with E-state index >= 15 is 0 Å². The van der Waals surface area contributed by atoms with Gasteiger partial charge in [0.2, 0.25) is 11.8 Å². The van der Waals surface area contributed by atoms with Crippen molar-refractivity contribution in [2.45, 2.75) is 96.1 Å². The third-order valence-electron chi connectivity index (χ3n) is 12.5. The Morgan fingerprint density at radius 2 is 1.17 bits per heavy atom. The lowest BCUT2D eigenvalue weighted by atomic mass is 9.95. The molecule has 3 aliphatic heterocycles. The fraction of sp³-hybridized carbons (Fsp3) is 0.488. The van der Waals surface area contributed by atoms with Crippen LogP contribution in [0.15, 0.2) is 58.7 Å². The number of amides is 4. The lowest BCUT2D eigenvalue weighted by Gasteiger charge is -2.33. The number of aromatic nitrogens is 2. The summed E-state index contributed by atoms with van der Waals surface area (Å²) in [6.07, 6.45) is 2.80. The van der Waals surface area contributed by atoms with Crippen molar-refractivity contribution in [1.82, 2.24) is 30.4 Å². The second-order valence-electron chi connectivity index (χ2n) is 16.8. The van der Waals surface area contributed by atoms with Gasteiger partial charge in [-0.25, -0.2) is 19.6 Å². The van der Waals surface area contributed by atoms with Gasteiger partial charge in [-0.05, 0) is 66.0 Å². The Labute approximate surface area is 347 Å². The summed E-state index contributed by atoms with van der Waals surface area (Å²) in [5.41, 5.74) is 6.24. The number of ether oxygens (including phenoxy) is 2. The summed E-state index contributed by atoms with van der Waals surface area (Å²) < 4.78 is 9.59. The average molecular weight is 831 g/mol. The largest absolute Gasteiger partial charge is 0.453 e. The Morgan fingerprint density at radius 1 is 0.707 bits per heavy atom. The first-order chi connectivity index (χ1) is 27.8. The fourth-order valence-corrected chi connectivity index (χ4v) is 9.64. The quantitative estimate of drug-likeness (QED) is 0.168. The number of alkyl carbamates (subject to hydrolysis) is 2. The third-order valence-corrected chi connectivity index (χ3v) is 13.0. The van der Waals surface area contributed by atoms with Crippen LogP contribution in [-0.2, 0) is 19.1 Å². The van der Waals surface area contributed by atoms with Crippen LogP contribution in [0, 0.1) is 23.7 Å². The molecule has 5 aliphatic rings. The average Bonchev–Trinajstić information content (AvgIpc) is 3.92. The number of nitrogens with zero attached hydrogens (tertiary/aromatic N) is 4. The van der Waals surface area contributed by atoms with E-state index in [1.54, 1.807) is 0 Å². The summed E-state index contributed by atoms with van der Waals surface area (Å²) in [7, 11) is 2.58. The molecule has 3 N–H and O–H groups in total. The Balaban J connectivity index is 0.934. The Kier molecular flexibility index (Phi) is 10.8. The standard InChI is InChI=1S/C43H49Cl2N7O6/c1-20(2)34(48-42(55)57-5)40(53)51-30-15-26(30)17-32(51)29-19-28(37(44)46-29)24-11-7-22(8-12-24)23-9-13-25(14-10-23)36-38(45)50-39(47-36)33-18-27-16-31(27)52(33)41(54)35(21(3)4)49-43(56)58-6/h7-14,20-21,26-27,30-35H,15-19H2,1-6H3,(H,47,50)(H,48,55)(H,49,56)/t26-,27-,30-,31-,32+,33+,34+,35+/m1/s1. The van der Waals surface area contributed by atoms with Gasteiger partial charge >= 0.3 is 12.2 Å². The molecular formula is C43H49Cl2N7O6. The van der Waals surface area contributed by atoms with Crippen LogP contribution in [0.5, 0.6) is 0 Å². The zero-order valence-corrected chi connectivity index (χ0v) is 34.9. The van der Waals surface area contributed by atoms with Gasteiger partial charge in [-0.15, -0.1) is 0 Å². The second kappa shape index (κ2) is 15.7. The van der Waals surface area contributed by atoms with Gasteiger partial charge < -0.3 is 34.9 Å². The van der Waals surface area contributed by atoms with Gasteiger partial charge in [-0.3, -0.25) is 9.59 Å². The number of aliphatic imine (C=N–C) groups is 1. The zero-order valence-electron chi connectivity index (χ0n) is 33.4. The summed E-state index contributed by atoms with van der Waals surface area (Å²) in [6.45, 7) is 7.63. The molecule has 13 nitrogen and oxygen atoms in total. The van der Waals surface area contributed by atoms with E-state index in [0.29, 0.717) is 40.1 Å². The number of hydrogen-bond acceptors (Lipinski definition) is 8. The molecule has 58 heavy (non-hydrogen) atoms. The molecule has 2 saturated heterocycles. The van der Waals surface area contributed by atoms with Gasteiger partial charge in [-0.2, -0.15) is 0 Å². The van der Waals surface area contributed by atoms with E-state index < -0.39 is 24.3 Å². The van der Waals surface area contributed by atoms with E-state index in [1.807, 2.05) is 73.9 Å². The number of nitrogens with one attached hydrogen (secondary N) is 3. The maximum Gasteiger partial charge on any atom is 0.407 e. The van der Waals surface area contributed by atoms with Crippen LogP contribution in [-0.4, -0.2) is 93.9 Å². The Morgan fingerprint density at radius 3 is 1.67 bits per heavy atom. The van der Waals surface area contributed by atoms with Crippen molar-refractivity contribution < 1.29 is 28.7 Å². The van der Waals surface area contributed by atoms with Crippen LogP contribution in [0.1, 0.15) is 77.2 Å². The fourth-order valence-electron chi connectivity index (χ4n) is 9.11. The van der Waals surface area contributed by atoms with Crippen LogP contribution in [0.25, 0.3) is 28.0 Å². The number of allylic oxidation sites excluding steroid dienone is 1. The highest BCUT2D eigenvalue weighted by Crippen LogP contribution is 2.54. The Bertz CT molecular complexity index is 2180. The number of imidazole rings is 1. The molecule has 3 aromatic rings. The van der Waals surface area contributed by atoms with Crippen LogP contribution in [0.2, 0.25) is 5.15 Å². The molecular weight excluding hydrogens is 781 g/mol. The highest BCUT2D eigenvalue weighted by atomic mass is 35.5. The van der Waals surface area contributed by atoms with Crippen LogP contribution in [0.3, 0.4) is 0 Å². The number of aromatic amines is 1. The monoisotopic (exact) mass is 829 g/mol. The molecule has 4 amide bonds. The first-order valence-corrected chi connectivity index (χ1v) is 20.8. The number of carbonyl (C=O) groups excluding carboxylic acids is 4. The van der Waals surface area contributed by atoms with Gasteiger partial charge in [0.1, 0.15) is 33.9 Å². The summed E-state index contributed by atoms with van der Waals surface area (Å²) >= 11 is 13.5. The molecule has 0 unspecified atom stereocenters. The summed E-state index contributed by atoms with van der Waals surface area (Å²) in [5.74, 6) is 0.965. The number of hydrogen-bond donors (Lipinski definition) is 3. The molecule has 0 spiro atoms. The van der Waals surface area contributed by atoms with Crippen molar-refractivity contribution >= 4 is 58.5 Å². The van der Waals surface area contributed by atoms with Crippen molar-refractivity contribution in [3.05, 3.63) is 70.2 Å². The summed E-state index contributed by atoms with van der Waals surface area (Å²) in [4.78, 5) is 68.6. The second-order valence-corrected chi connectivity index (χ2v) is 17.6. The van der Waals surface area contributed by atoms with Gasteiger partial charge in [0.25, 0.3) is 0 Å². The Hall–Kier alpha value is -4.88. The van der Waals surface area contributed by atoms with E-state index in [0.717, 1.165) is 59.2 Å². The van der Waals surface area contributed by atoms with Crippen molar-refractivity contribution in [3.63, 3.8) is 0 Å². The predicted molar refractivity (Wildman–Crippen MR) is 221 cm³/mol. The van der Waals surface area contributed by atoms with Crippen molar-refractivity contribution in [2.75, 3.05) is 14.2 Å². The number of piperidine rings is 2. The van der Waals surface area contributed by atoms with Gasteiger partial charge in [0, 0.05) is 35.4 Å². The maximum absolute atomic E-state index is 13.9. The molecule has 306 valence electrons. The van der Waals surface area contributed by atoms with E-state index in [4.69, 9.17) is 42.7 Å². The summed E-state index contributed by atoms with van der Waals surface area (Å²) in [6, 6.07) is 14.7. The molecule has 2 aliphatic carbocycles. The molecule has 15 heteroatoms. The molecule has 4 heterocycles. The highest BCUT2D eigenvalue weighted by molar-refractivity contribution is 6.35. The topological polar surface area (TPSA) is 158 Å². The third kappa shape index (κ3) is 7.47. The number of fused-ring (bicyclic) bond motifs is 2. The number of likely N-dealkylation sites (tertiary alicyclic amines) is 2. The van der Waals surface area contributed by atoms with E-state index in [2.05, 4.69) is 27.8 Å². The smallest absolute Gasteiger partial charge is 0.407 e. The van der Waals surface area contributed by atoms with E-state index in [1.165, 1.54) is 14.2 Å².